The fraction of sp³-hybridized carbons (Fsp3) is 0.579. The third-order valence-electron chi connectivity index (χ3n) is 4.48. The third kappa shape index (κ3) is 6.62. The average Bonchev–Trinajstić information content (AvgIpc) is 3.30. The van der Waals surface area contributed by atoms with Gasteiger partial charge in [-0.1, -0.05) is 6.07 Å². The van der Waals surface area contributed by atoms with E-state index < -0.39 is 0 Å². The summed E-state index contributed by atoms with van der Waals surface area (Å²) in [6.07, 6.45) is 7.22. The molecule has 2 N–H and O–H groups in total. The predicted octanol–water partition coefficient (Wildman–Crippen LogP) is 2.16. The first-order valence-electron chi connectivity index (χ1n) is 9.33. The van der Waals surface area contributed by atoms with Crippen molar-refractivity contribution < 1.29 is 9.47 Å². The van der Waals surface area contributed by atoms with Crippen molar-refractivity contribution in [1.29, 1.82) is 0 Å². The number of fused-ring (bicyclic) bond motifs is 1. The molecule has 27 heavy (non-hydrogen) atoms. The minimum absolute atomic E-state index is 0. The second-order valence-corrected chi connectivity index (χ2v) is 6.54. The molecule has 0 aromatic carbocycles. The summed E-state index contributed by atoms with van der Waals surface area (Å²) >= 11 is 0. The monoisotopic (exact) mass is 487 g/mol. The number of nitrogens with zero attached hydrogens (tertiary/aromatic N) is 3. The molecule has 0 radical (unpaired) electrons. The summed E-state index contributed by atoms with van der Waals surface area (Å²) in [4.78, 5) is 8.95. The highest BCUT2D eigenvalue weighted by atomic mass is 127. The molecule has 3 heterocycles. The Morgan fingerprint density at radius 1 is 1.41 bits per heavy atom. The minimum Gasteiger partial charge on any atom is -0.379 e. The summed E-state index contributed by atoms with van der Waals surface area (Å²) in [6, 6.07) is 4.13. The molecule has 0 bridgehead atoms. The molecule has 0 spiro atoms. The molecule has 0 aliphatic carbocycles. The van der Waals surface area contributed by atoms with Crippen LogP contribution in [0.2, 0.25) is 0 Å². The normalized spacial score (nSPS) is 17.1. The molecular formula is C19H30IN5O2. The van der Waals surface area contributed by atoms with Gasteiger partial charge in [-0.05, 0) is 31.4 Å². The van der Waals surface area contributed by atoms with Crippen LogP contribution >= 0.6 is 24.0 Å². The van der Waals surface area contributed by atoms with E-state index in [0.717, 1.165) is 69.5 Å². The van der Waals surface area contributed by atoms with Crippen LogP contribution in [0, 0.1) is 6.92 Å². The number of imidazole rings is 1. The van der Waals surface area contributed by atoms with Gasteiger partial charge in [0.05, 0.1) is 18.4 Å². The van der Waals surface area contributed by atoms with Crippen molar-refractivity contribution in [2.75, 3.05) is 40.0 Å². The Morgan fingerprint density at radius 3 is 3.00 bits per heavy atom. The van der Waals surface area contributed by atoms with Crippen molar-refractivity contribution in [2.24, 2.45) is 4.99 Å². The number of hydrogen-bond acceptors (Lipinski definition) is 4. The Kier molecular flexibility index (Phi) is 9.29. The van der Waals surface area contributed by atoms with E-state index in [0.29, 0.717) is 0 Å². The fourth-order valence-electron chi connectivity index (χ4n) is 3.03. The number of aromatic nitrogens is 2. The van der Waals surface area contributed by atoms with Crippen molar-refractivity contribution in [1.82, 2.24) is 20.0 Å². The first kappa shape index (κ1) is 21.9. The summed E-state index contributed by atoms with van der Waals surface area (Å²) in [5.41, 5.74) is 3.29. The van der Waals surface area contributed by atoms with Gasteiger partial charge >= 0.3 is 0 Å². The fourth-order valence-corrected chi connectivity index (χ4v) is 3.03. The van der Waals surface area contributed by atoms with Gasteiger partial charge in [-0.25, -0.2) is 4.98 Å². The lowest BCUT2D eigenvalue weighted by Gasteiger charge is -2.12. The van der Waals surface area contributed by atoms with E-state index in [9.17, 15) is 0 Å². The largest absolute Gasteiger partial charge is 0.379 e. The molecule has 8 heteroatoms. The molecule has 1 aliphatic heterocycles. The number of nitrogens with one attached hydrogen (secondary N) is 2. The topological polar surface area (TPSA) is 72.2 Å². The number of aryl methyl sites for hydroxylation is 1. The van der Waals surface area contributed by atoms with Crippen LogP contribution in [-0.2, 0) is 15.9 Å². The molecule has 0 saturated carbocycles. The summed E-state index contributed by atoms with van der Waals surface area (Å²) in [7, 11) is 1.79. The molecular weight excluding hydrogens is 457 g/mol. The van der Waals surface area contributed by atoms with Crippen LogP contribution in [0.15, 0.2) is 29.5 Å². The zero-order valence-corrected chi connectivity index (χ0v) is 18.4. The molecule has 1 atom stereocenters. The first-order valence-corrected chi connectivity index (χ1v) is 9.33. The number of pyridine rings is 1. The van der Waals surface area contributed by atoms with Gasteiger partial charge in [0, 0.05) is 52.2 Å². The molecule has 2 aromatic rings. The standard InChI is InChI=1S/C19H29N5O2.HI/c1-15-5-3-10-24-13-16(23-18(15)24)6-9-22-19(20-2)21-8-4-11-26-17-7-12-25-14-17;/h3,5,10,13,17H,4,6-9,11-12,14H2,1-2H3,(H2,20,21,22);1H. The number of aliphatic imine (C=N–C) groups is 1. The van der Waals surface area contributed by atoms with Crippen molar-refractivity contribution in [3.05, 3.63) is 35.8 Å². The number of guanidine groups is 1. The zero-order chi connectivity index (χ0) is 18.2. The van der Waals surface area contributed by atoms with Gasteiger partial charge < -0.3 is 24.5 Å². The van der Waals surface area contributed by atoms with Crippen LogP contribution in [0.25, 0.3) is 5.65 Å². The predicted molar refractivity (Wildman–Crippen MR) is 118 cm³/mol. The van der Waals surface area contributed by atoms with Crippen LogP contribution < -0.4 is 10.6 Å². The maximum Gasteiger partial charge on any atom is 0.190 e. The van der Waals surface area contributed by atoms with Gasteiger partial charge in [0.2, 0.25) is 0 Å². The summed E-state index contributed by atoms with van der Waals surface area (Å²) in [6.45, 7) is 6.02. The van der Waals surface area contributed by atoms with E-state index in [4.69, 9.17) is 14.5 Å². The van der Waals surface area contributed by atoms with E-state index in [1.54, 1.807) is 7.05 Å². The second kappa shape index (κ2) is 11.5. The Balaban J connectivity index is 0.00000261. The highest BCUT2D eigenvalue weighted by Gasteiger charge is 2.15. The quantitative estimate of drug-likeness (QED) is 0.259. The summed E-state index contributed by atoms with van der Waals surface area (Å²) in [5, 5.41) is 6.66. The number of rotatable bonds is 8. The van der Waals surface area contributed by atoms with Gasteiger partial charge in [0.15, 0.2) is 5.96 Å². The smallest absolute Gasteiger partial charge is 0.190 e. The van der Waals surface area contributed by atoms with Gasteiger partial charge in [0.1, 0.15) is 5.65 Å². The molecule has 150 valence electrons. The molecule has 2 aromatic heterocycles. The Bertz CT molecular complexity index is 728. The maximum absolute atomic E-state index is 5.76. The van der Waals surface area contributed by atoms with Crippen molar-refractivity contribution in [3.8, 4) is 0 Å². The lowest BCUT2D eigenvalue weighted by molar-refractivity contribution is 0.0420. The van der Waals surface area contributed by atoms with E-state index in [1.807, 2.05) is 12.3 Å². The molecule has 1 unspecified atom stereocenters. The Morgan fingerprint density at radius 2 is 2.26 bits per heavy atom. The van der Waals surface area contributed by atoms with Gasteiger partial charge in [0.25, 0.3) is 0 Å². The lowest BCUT2D eigenvalue weighted by atomic mass is 10.3. The van der Waals surface area contributed by atoms with Gasteiger partial charge in [-0.15, -0.1) is 24.0 Å². The van der Waals surface area contributed by atoms with Crippen LogP contribution in [-0.4, -0.2) is 61.4 Å². The highest BCUT2D eigenvalue weighted by Crippen LogP contribution is 2.10. The first-order chi connectivity index (χ1) is 12.8. The van der Waals surface area contributed by atoms with E-state index in [2.05, 4.69) is 39.2 Å². The molecule has 3 rings (SSSR count). The Labute approximate surface area is 178 Å². The molecule has 1 fully saturated rings. The molecule has 1 saturated heterocycles. The number of ether oxygens (including phenoxy) is 2. The Hall–Kier alpha value is -1.39. The second-order valence-electron chi connectivity index (χ2n) is 6.54. The van der Waals surface area contributed by atoms with Crippen LogP contribution in [0.4, 0.5) is 0 Å². The number of hydrogen-bond donors (Lipinski definition) is 2. The third-order valence-corrected chi connectivity index (χ3v) is 4.48. The molecule has 0 amide bonds. The van der Waals surface area contributed by atoms with Crippen molar-refractivity contribution in [2.45, 2.75) is 32.3 Å². The maximum atomic E-state index is 5.76. The average molecular weight is 487 g/mol. The molecule has 7 nitrogen and oxygen atoms in total. The lowest BCUT2D eigenvalue weighted by Crippen LogP contribution is -2.39. The molecule has 1 aliphatic rings. The highest BCUT2D eigenvalue weighted by molar-refractivity contribution is 14.0. The minimum atomic E-state index is 0. The van der Waals surface area contributed by atoms with E-state index in [-0.39, 0.29) is 30.1 Å². The van der Waals surface area contributed by atoms with Crippen LogP contribution in [0.1, 0.15) is 24.1 Å². The number of halogens is 1. The SMILES string of the molecule is CN=C(NCCCOC1CCOC1)NCCc1cn2cccc(C)c2n1.I. The summed E-state index contributed by atoms with van der Waals surface area (Å²) < 4.78 is 13.1. The van der Waals surface area contributed by atoms with Gasteiger partial charge in [-0.2, -0.15) is 0 Å². The van der Waals surface area contributed by atoms with Crippen molar-refractivity contribution in [3.63, 3.8) is 0 Å². The van der Waals surface area contributed by atoms with Gasteiger partial charge in [-0.3, -0.25) is 4.99 Å². The van der Waals surface area contributed by atoms with E-state index >= 15 is 0 Å². The van der Waals surface area contributed by atoms with Crippen LogP contribution in [0.5, 0.6) is 0 Å². The zero-order valence-electron chi connectivity index (χ0n) is 16.1. The summed E-state index contributed by atoms with van der Waals surface area (Å²) in [5.74, 6) is 0.814. The van der Waals surface area contributed by atoms with Crippen LogP contribution in [0.3, 0.4) is 0 Å². The van der Waals surface area contributed by atoms with E-state index in [1.165, 1.54) is 5.56 Å². The van der Waals surface area contributed by atoms with Crippen molar-refractivity contribution >= 4 is 35.6 Å².